The van der Waals surface area contributed by atoms with E-state index in [2.05, 4.69) is 25.9 Å². The maximum absolute atomic E-state index is 12.5. The van der Waals surface area contributed by atoms with Crippen LogP contribution in [0.1, 0.15) is 17.8 Å². The van der Waals surface area contributed by atoms with Crippen LogP contribution in [0.5, 0.6) is 11.5 Å². The minimum atomic E-state index is -0.156. The third-order valence-electron chi connectivity index (χ3n) is 4.96. The van der Waals surface area contributed by atoms with Crippen molar-refractivity contribution in [3.8, 4) is 11.5 Å². The van der Waals surface area contributed by atoms with Gasteiger partial charge in [0.1, 0.15) is 5.82 Å². The Balaban J connectivity index is 1.38. The second-order valence-corrected chi connectivity index (χ2v) is 7.64. The van der Waals surface area contributed by atoms with Gasteiger partial charge in [0.05, 0.1) is 14.2 Å². The van der Waals surface area contributed by atoms with Crippen LogP contribution in [0.4, 0.5) is 11.5 Å². The van der Waals surface area contributed by atoms with Gasteiger partial charge in [0.15, 0.2) is 23.0 Å². The molecule has 0 radical (unpaired) electrons. The Hall–Kier alpha value is -3.85. The largest absolute Gasteiger partial charge is 0.493 e. The zero-order valence-electron chi connectivity index (χ0n) is 18.2. The highest BCUT2D eigenvalue weighted by molar-refractivity contribution is 6.30. The molecule has 1 amide bonds. The number of ether oxygens (including phenoxy) is 2. The third kappa shape index (κ3) is 5.50. The summed E-state index contributed by atoms with van der Waals surface area (Å²) in [6, 6.07) is 16.5. The van der Waals surface area contributed by atoms with E-state index in [9.17, 15) is 4.79 Å². The quantitative estimate of drug-likeness (QED) is 0.384. The first-order valence-corrected chi connectivity index (χ1v) is 10.6. The second kappa shape index (κ2) is 10.2. The van der Waals surface area contributed by atoms with Crippen LogP contribution < -0.4 is 20.1 Å². The highest BCUT2D eigenvalue weighted by Gasteiger charge is 2.12. The summed E-state index contributed by atoms with van der Waals surface area (Å²) in [7, 11) is 3.11. The molecule has 2 heterocycles. The van der Waals surface area contributed by atoms with Crippen LogP contribution in [-0.4, -0.2) is 39.9 Å². The Kier molecular flexibility index (Phi) is 6.89. The van der Waals surface area contributed by atoms with Gasteiger partial charge in [-0.1, -0.05) is 23.7 Å². The van der Waals surface area contributed by atoms with E-state index in [0.29, 0.717) is 52.5 Å². The van der Waals surface area contributed by atoms with Gasteiger partial charge in [-0.05, 0) is 42.0 Å². The van der Waals surface area contributed by atoms with Crippen LogP contribution in [0.2, 0.25) is 5.02 Å². The molecule has 0 atom stereocenters. The van der Waals surface area contributed by atoms with Gasteiger partial charge in [0.25, 0.3) is 0 Å². The van der Waals surface area contributed by atoms with Gasteiger partial charge in [-0.3, -0.25) is 4.79 Å². The molecule has 0 fully saturated rings. The summed E-state index contributed by atoms with van der Waals surface area (Å²) in [5, 5.41) is 19.7. The standard InChI is InChI=1S/C23H23ClN6O3/c1-32-18-8-7-17(13-19(18)33-2)26-23(31)12-11-22-28-27-21-10-9-20(29-30(21)22)25-14-15-3-5-16(24)6-4-15/h3-10,13H,11-12,14H2,1-2H3,(H,25,29)(H,26,31). The van der Waals surface area contributed by atoms with Gasteiger partial charge in [-0.15, -0.1) is 15.3 Å². The van der Waals surface area contributed by atoms with Gasteiger partial charge >= 0.3 is 0 Å². The lowest BCUT2D eigenvalue weighted by Crippen LogP contribution is -2.14. The molecule has 0 aliphatic heterocycles. The number of anilines is 2. The summed E-state index contributed by atoms with van der Waals surface area (Å²) in [4.78, 5) is 12.5. The highest BCUT2D eigenvalue weighted by Crippen LogP contribution is 2.29. The smallest absolute Gasteiger partial charge is 0.224 e. The Bertz CT molecular complexity index is 1260. The first-order valence-electron chi connectivity index (χ1n) is 10.3. The van der Waals surface area contributed by atoms with Crippen LogP contribution in [0.15, 0.2) is 54.6 Å². The van der Waals surface area contributed by atoms with E-state index in [1.54, 1.807) is 36.9 Å². The Morgan fingerprint density at radius 2 is 1.79 bits per heavy atom. The van der Waals surface area contributed by atoms with Crippen molar-refractivity contribution >= 4 is 34.7 Å². The van der Waals surface area contributed by atoms with Crippen molar-refractivity contribution < 1.29 is 14.3 Å². The number of aryl methyl sites for hydroxylation is 1. The zero-order valence-corrected chi connectivity index (χ0v) is 19.0. The molecule has 0 unspecified atom stereocenters. The summed E-state index contributed by atoms with van der Waals surface area (Å²) in [5.74, 6) is 2.26. The zero-order chi connectivity index (χ0) is 23.2. The van der Waals surface area contributed by atoms with Crippen molar-refractivity contribution in [1.82, 2.24) is 19.8 Å². The fourth-order valence-corrected chi connectivity index (χ4v) is 3.37. The number of hydrogen-bond acceptors (Lipinski definition) is 7. The lowest BCUT2D eigenvalue weighted by atomic mass is 10.2. The molecule has 2 N–H and O–H groups in total. The molecule has 4 aromatic rings. The average molecular weight is 467 g/mol. The lowest BCUT2D eigenvalue weighted by molar-refractivity contribution is -0.116. The van der Waals surface area contributed by atoms with Crippen molar-refractivity contribution in [3.63, 3.8) is 0 Å². The summed E-state index contributed by atoms with van der Waals surface area (Å²) >= 11 is 5.93. The topological polar surface area (TPSA) is 103 Å². The Morgan fingerprint density at radius 3 is 2.55 bits per heavy atom. The number of amides is 1. The molecule has 33 heavy (non-hydrogen) atoms. The molecule has 0 aliphatic carbocycles. The minimum absolute atomic E-state index is 0.156. The fourth-order valence-electron chi connectivity index (χ4n) is 3.24. The number of nitrogens with zero attached hydrogens (tertiary/aromatic N) is 4. The van der Waals surface area contributed by atoms with Crippen molar-refractivity contribution in [2.75, 3.05) is 24.9 Å². The predicted octanol–water partition coefficient (Wildman–Crippen LogP) is 3.98. The number of rotatable bonds is 9. The highest BCUT2D eigenvalue weighted by atomic mass is 35.5. The molecular formula is C23H23ClN6O3. The summed E-state index contributed by atoms with van der Waals surface area (Å²) < 4.78 is 12.1. The number of methoxy groups -OCH3 is 2. The molecule has 2 aromatic carbocycles. The Morgan fingerprint density at radius 1 is 1.00 bits per heavy atom. The molecule has 0 saturated carbocycles. The molecule has 9 nitrogen and oxygen atoms in total. The molecule has 170 valence electrons. The normalized spacial score (nSPS) is 10.8. The van der Waals surface area contributed by atoms with E-state index in [1.165, 1.54) is 0 Å². The average Bonchev–Trinajstić information content (AvgIpc) is 3.24. The van der Waals surface area contributed by atoms with Gasteiger partial charge < -0.3 is 20.1 Å². The van der Waals surface area contributed by atoms with E-state index < -0.39 is 0 Å². The number of halogens is 1. The molecule has 0 bridgehead atoms. The number of carbonyl (C=O) groups is 1. The molecular weight excluding hydrogens is 444 g/mol. The van der Waals surface area contributed by atoms with Gasteiger partial charge in [0.2, 0.25) is 5.91 Å². The predicted molar refractivity (Wildman–Crippen MR) is 126 cm³/mol. The molecule has 10 heteroatoms. The number of hydrogen-bond donors (Lipinski definition) is 2. The van der Waals surface area contributed by atoms with E-state index in [4.69, 9.17) is 21.1 Å². The van der Waals surface area contributed by atoms with Gasteiger partial charge in [0, 0.05) is 36.2 Å². The monoisotopic (exact) mass is 466 g/mol. The number of fused-ring (bicyclic) bond motifs is 1. The first-order chi connectivity index (χ1) is 16.1. The Labute approximate surface area is 195 Å². The van der Waals surface area contributed by atoms with Crippen molar-refractivity contribution in [3.05, 3.63) is 71.0 Å². The van der Waals surface area contributed by atoms with Gasteiger partial charge in [-0.2, -0.15) is 4.52 Å². The van der Waals surface area contributed by atoms with Crippen molar-refractivity contribution in [1.29, 1.82) is 0 Å². The number of nitrogens with one attached hydrogen (secondary N) is 2. The lowest BCUT2D eigenvalue weighted by Gasteiger charge is -2.10. The summed E-state index contributed by atoms with van der Waals surface area (Å²) in [6.45, 7) is 0.598. The van der Waals surface area contributed by atoms with Crippen molar-refractivity contribution in [2.24, 2.45) is 0 Å². The summed E-state index contributed by atoms with van der Waals surface area (Å²) in [6.07, 6.45) is 0.604. The van der Waals surface area contributed by atoms with Crippen LogP contribution in [0.25, 0.3) is 5.65 Å². The number of aromatic nitrogens is 4. The third-order valence-corrected chi connectivity index (χ3v) is 5.21. The first kappa shape index (κ1) is 22.3. The van der Waals surface area contributed by atoms with Gasteiger partial charge in [-0.25, -0.2) is 0 Å². The van der Waals surface area contributed by atoms with E-state index >= 15 is 0 Å². The number of carbonyl (C=O) groups excluding carboxylic acids is 1. The van der Waals surface area contributed by atoms with Crippen LogP contribution in [0, 0.1) is 0 Å². The molecule has 0 saturated heterocycles. The maximum atomic E-state index is 12.5. The maximum Gasteiger partial charge on any atom is 0.224 e. The van der Waals surface area contributed by atoms with E-state index in [0.717, 1.165) is 5.56 Å². The van der Waals surface area contributed by atoms with Crippen LogP contribution in [-0.2, 0) is 17.8 Å². The molecule has 2 aromatic heterocycles. The molecule has 4 rings (SSSR count). The minimum Gasteiger partial charge on any atom is -0.493 e. The SMILES string of the molecule is COc1ccc(NC(=O)CCc2nnc3ccc(NCc4ccc(Cl)cc4)nn23)cc1OC. The molecule has 0 aliphatic rings. The van der Waals surface area contributed by atoms with E-state index in [1.807, 2.05) is 36.4 Å². The fraction of sp³-hybridized carbons (Fsp3) is 0.217. The van der Waals surface area contributed by atoms with Crippen LogP contribution >= 0.6 is 11.6 Å². The molecule has 0 spiro atoms. The van der Waals surface area contributed by atoms with Crippen LogP contribution in [0.3, 0.4) is 0 Å². The second-order valence-electron chi connectivity index (χ2n) is 7.20. The van der Waals surface area contributed by atoms with E-state index in [-0.39, 0.29) is 12.3 Å². The van der Waals surface area contributed by atoms with Crippen molar-refractivity contribution in [2.45, 2.75) is 19.4 Å². The summed E-state index contributed by atoms with van der Waals surface area (Å²) in [5.41, 5.74) is 2.31. The number of benzene rings is 2.